The van der Waals surface area contributed by atoms with Crippen molar-refractivity contribution in [2.45, 2.75) is 20.3 Å². The minimum absolute atomic E-state index is 0.858. The average molecular weight is 849 g/mol. The molecule has 5 heterocycles. The van der Waals surface area contributed by atoms with Crippen LogP contribution in [0.15, 0.2) is 223 Å². The Hall–Kier alpha value is -8.54. The van der Waals surface area contributed by atoms with E-state index in [-0.39, 0.29) is 0 Å². The quantitative estimate of drug-likeness (QED) is 0.167. The van der Waals surface area contributed by atoms with Gasteiger partial charge in [-0.2, -0.15) is 0 Å². The van der Waals surface area contributed by atoms with Gasteiger partial charge in [-0.1, -0.05) is 135 Å². The summed E-state index contributed by atoms with van der Waals surface area (Å²) >= 11 is 0. The molecule has 0 bridgehead atoms. The molecule has 0 saturated carbocycles. The molecule has 0 fully saturated rings. The first-order valence-corrected chi connectivity index (χ1v) is 22.8. The highest BCUT2D eigenvalue weighted by Gasteiger charge is 2.19. The maximum Gasteiger partial charge on any atom is 0.135 e. The van der Waals surface area contributed by atoms with Crippen LogP contribution in [0.5, 0.6) is 0 Å². The van der Waals surface area contributed by atoms with Crippen molar-refractivity contribution in [1.82, 2.24) is 19.1 Å². The second-order valence-electron chi connectivity index (χ2n) is 16.5. The Bertz CT molecular complexity index is 3930. The number of rotatable bonds is 6. The molecule has 13 rings (SSSR count). The molecule has 0 aliphatic heterocycles. The first kappa shape index (κ1) is 39.1. The highest BCUT2D eigenvalue weighted by atomic mass is 16.3. The van der Waals surface area contributed by atoms with Gasteiger partial charge in [0, 0.05) is 60.4 Å². The van der Waals surface area contributed by atoms with Crippen LogP contribution in [0.2, 0.25) is 0 Å². The van der Waals surface area contributed by atoms with Crippen molar-refractivity contribution in [3.8, 4) is 45.1 Å². The summed E-state index contributed by atoms with van der Waals surface area (Å²) in [5.41, 5.74) is 16.7. The topological polar surface area (TPSA) is 48.8 Å². The third kappa shape index (κ3) is 6.55. The molecule has 5 heteroatoms. The summed E-state index contributed by atoms with van der Waals surface area (Å²) in [7, 11) is 0. The summed E-state index contributed by atoms with van der Waals surface area (Å²) < 4.78 is 11.3. The van der Waals surface area contributed by atoms with Gasteiger partial charge in [-0.3, -0.25) is 0 Å². The summed E-state index contributed by atoms with van der Waals surface area (Å²) in [6.07, 6.45) is 11.6. The van der Waals surface area contributed by atoms with Gasteiger partial charge in [0.05, 0.1) is 44.8 Å². The van der Waals surface area contributed by atoms with E-state index in [4.69, 9.17) is 14.4 Å². The molecule has 0 unspecified atom stereocenters. The lowest BCUT2D eigenvalue weighted by Crippen LogP contribution is -1.94. The summed E-state index contributed by atoms with van der Waals surface area (Å²) in [6, 6.07) is 66.9. The molecule has 12 aromatic rings. The molecule has 0 amide bonds. The second kappa shape index (κ2) is 16.2. The van der Waals surface area contributed by atoms with Crippen LogP contribution in [0.4, 0.5) is 0 Å². The minimum Gasteiger partial charge on any atom is -0.456 e. The SMILES string of the molecule is C1=CCC=C(c2cccc(-c3ccc4c(c3)c3ccccc3n4-c3ccc4oc5ccc(-n6c7ccccc7c7cc(-c8cccc(-c9ccccc9)n8)ccc76)cc5c4c3)n2)C=C1.CC. The molecular formula is C61H44N4O. The Balaban J connectivity index is 0.00000225. The Labute approximate surface area is 382 Å². The predicted octanol–water partition coefficient (Wildman–Crippen LogP) is 16.5. The maximum atomic E-state index is 6.53. The van der Waals surface area contributed by atoms with Crippen molar-refractivity contribution < 1.29 is 4.42 Å². The highest BCUT2D eigenvalue weighted by Crippen LogP contribution is 2.40. The molecule has 1 aliphatic carbocycles. The predicted molar refractivity (Wildman–Crippen MR) is 277 cm³/mol. The van der Waals surface area contributed by atoms with Gasteiger partial charge in [-0.25, -0.2) is 9.97 Å². The molecule has 0 N–H and O–H groups in total. The fourth-order valence-corrected chi connectivity index (χ4v) is 9.74. The summed E-state index contributed by atoms with van der Waals surface area (Å²) in [6.45, 7) is 4.00. The number of nitrogens with zero attached hydrogens (tertiary/aromatic N) is 4. The molecule has 1 aliphatic rings. The van der Waals surface area contributed by atoms with E-state index < -0.39 is 0 Å². The van der Waals surface area contributed by atoms with Gasteiger partial charge in [0.25, 0.3) is 0 Å². The second-order valence-corrected chi connectivity index (χ2v) is 16.5. The number of hydrogen-bond donors (Lipinski definition) is 0. The molecule has 0 radical (unpaired) electrons. The van der Waals surface area contributed by atoms with Crippen molar-refractivity contribution in [3.05, 3.63) is 224 Å². The van der Waals surface area contributed by atoms with Crippen molar-refractivity contribution >= 4 is 71.1 Å². The zero-order valence-electron chi connectivity index (χ0n) is 36.7. The Morgan fingerprint density at radius 1 is 0.394 bits per heavy atom. The normalized spacial score (nSPS) is 12.6. The van der Waals surface area contributed by atoms with Crippen molar-refractivity contribution in [3.63, 3.8) is 0 Å². The van der Waals surface area contributed by atoms with Crippen molar-refractivity contribution in [2.75, 3.05) is 0 Å². The van der Waals surface area contributed by atoms with E-state index in [0.29, 0.717) is 0 Å². The van der Waals surface area contributed by atoms with Crippen LogP contribution in [-0.4, -0.2) is 19.1 Å². The molecule has 7 aromatic carbocycles. The summed E-state index contributed by atoms with van der Waals surface area (Å²) in [4.78, 5) is 10.2. The van der Waals surface area contributed by atoms with E-state index in [1.165, 1.54) is 21.5 Å². The van der Waals surface area contributed by atoms with Crippen LogP contribution < -0.4 is 0 Å². The molecule has 0 saturated heterocycles. The van der Waals surface area contributed by atoms with E-state index in [2.05, 4.69) is 222 Å². The highest BCUT2D eigenvalue weighted by molar-refractivity contribution is 6.13. The van der Waals surface area contributed by atoms with Crippen LogP contribution >= 0.6 is 0 Å². The van der Waals surface area contributed by atoms with E-state index >= 15 is 0 Å². The first-order chi connectivity index (χ1) is 32.7. The smallest absolute Gasteiger partial charge is 0.135 e. The number of aromatic nitrogens is 4. The van der Waals surface area contributed by atoms with Gasteiger partial charge in [-0.05, 0) is 109 Å². The number of pyridine rings is 2. The number of para-hydroxylation sites is 2. The van der Waals surface area contributed by atoms with Crippen LogP contribution in [0, 0.1) is 0 Å². The molecule has 5 nitrogen and oxygen atoms in total. The number of benzene rings is 7. The molecular weight excluding hydrogens is 805 g/mol. The van der Waals surface area contributed by atoms with E-state index in [0.717, 1.165) is 107 Å². The minimum atomic E-state index is 0.858. The van der Waals surface area contributed by atoms with Gasteiger partial charge in [0.15, 0.2) is 0 Å². The first-order valence-electron chi connectivity index (χ1n) is 22.8. The third-order valence-corrected chi connectivity index (χ3v) is 12.7. The molecule has 5 aromatic heterocycles. The number of hydrogen-bond acceptors (Lipinski definition) is 3. The lowest BCUT2D eigenvalue weighted by Gasteiger charge is -2.10. The van der Waals surface area contributed by atoms with Gasteiger partial charge < -0.3 is 13.6 Å². The maximum absolute atomic E-state index is 6.53. The van der Waals surface area contributed by atoms with Gasteiger partial charge in [-0.15, -0.1) is 0 Å². The summed E-state index contributed by atoms with van der Waals surface area (Å²) in [5.74, 6) is 0. The Kier molecular flexibility index (Phi) is 9.61. The van der Waals surface area contributed by atoms with Crippen LogP contribution in [0.1, 0.15) is 26.0 Å². The van der Waals surface area contributed by atoms with Gasteiger partial charge in [0.1, 0.15) is 11.2 Å². The lowest BCUT2D eigenvalue weighted by molar-refractivity contribution is 0.669. The van der Waals surface area contributed by atoms with E-state index in [1.54, 1.807) is 0 Å². The lowest BCUT2D eigenvalue weighted by atomic mass is 10.0. The van der Waals surface area contributed by atoms with Crippen molar-refractivity contribution in [1.29, 1.82) is 0 Å². The Morgan fingerprint density at radius 2 is 0.894 bits per heavy atom. The molecule has 66 heavy (non-hydrogen) atoms. The van der Waals surface area contributed by atoms with Gasteiger partial charge >= 0.3 is 0 Å². The van der Waals surface area contributed by atoms with Crippen LogP contribution in [0.3, 0.4) is 0 Å². The average Bonchev–Trinajstić information content (AvgIpc) is 3.94. The molecule has 314 valence electrons. The van der Waals surface area contributed by atoms with Crippen LogP contribution in [0.25, 0.3) is 116 Å². The van der Waals surface area contributed by atoms with E-state index in [1.807, 2.05) is 19.9 Å². The standard InChI is InChI=1S/C59H38N4O.C2H6/c1-2-5-15-38(14-4-1)50-20-12-22-52(60-50)40-26-30-56-46(34-40)44-18-8-10-24-54(44)62(56)42-28-32-58-48(36-42)49-37-43(29-33-59(49)64-58)63-55-25-11-9-19-45(55)47-35-41(27-31-57(47)63)53-23-13-21-51(61-53)39-16-6-3-7-17-39;1-2/h1-4,6-37H,5H2;1-2H3. The zero-order chi connectivity index (χ0) is 44.1. The third-order valence-electron chi connectivity index (χ3n) is 12.7. The van der Waals surface area contributed by atoms with Crippen LogP contribution in [-0.2, 0) is 0 Å². The Morgan fingerprint density at radius 3 is 1.48 bits per heavy atom. The fourth-order valence-electron chi connectivity index (χ4n) is 9.74. The van der Waals surface area contributed by atoms with Gasteiger partial charge in [0.2, 0.25) is 0 Å². The van der Waals surface area contributed by atoms with Crippen molar-refractivity contribution in [2.24, 2.45) is 0 Å². The number of furan rings is 1. The number of allylic oxidation sites excluding steroid dienone is 6. The molecule has 0 atom stereocenters. The summed E-state index contributed by atoms with van der Waals surface area (Å²) in [5, 5.41) is 6.91. The monoisotopic (exact) mass is 848 g/mol. The number of fused-ring (bicyclic) bond motifs is 9. The van der Waals surface area contributed by atoms with E-state index in [9.17, 15) is 0 Å². The molecule has 0 spiro atoms. The zero-order valence-corrected chi connectivity index (χ0v) is 36.7. The fraction of sp³-hybridized carbons (Fsp3) is 0.0492. The largest absolute Gasteiger partial charge is 0.456 e.